The molecule has 32 nitrogen and oxygen atoms in total. The van der Waals surface area contributed by atoms with Crippen molar-refractivity contribution in [1.29, 1.82) is 0 Å². The minimum absolute atomic E-state index is 0.0130. The SMILES string of the molecule is COP(C)(=O)OCC1C[C@@H](C)CN1C(=O)CCCCCCCCCCC(=O)CC(COCCC(=O)CCCCCC(=O)CCCCOC1OC(CO)C(O)C(O)C1C)(COCCC(=O)CCCCCC(=O)CCCCOC1OC(CO)C(O)C(O)C1C)COCCC(=O)NCCCNC(=O)CCCCOC1OC(CO)C(O)C(O)C1C. The van der Waals surface area contributed by atoms with Gasteiger partial charge in [-0.05, 0) is 95.8 Å². The van der Waals surface area contributed by atoms with Gasteiger partial charge in [0.05, 0.1) is 90.4 Å². The Balaban J connectivity index is 1.28. The molecule has 17 unspecified atom stereocenters. The number of ether oxygens (including phenoxy) is 9. The van der Waals surface area contributed by atoms with E-state index in [0.717, 1.165) is 51.4 Å². The van der Waals surface area contributed by atoms with Crippen molar-refractivity contribution < 1.29 is 141 Å². The molecule has 116 heavy (non-hydrogen) atoms. The molecule has 11 N–H and O–H groups in total. The summed E-state index contributed by atoms with van der Waals surface area (Å²) in [6.07, 6.45) is 6.04. The van der Waals surface area contributed by atoms with Gasteiger partial charge in [0.15, 0.2) is 18.9 Å². The first-order valence-corrected chi connectivity index (χ1v) is 45.2. The Hall–Kier alpha value is -3.81. The molecule has 0 aliphatic carbocycles. The second-order valence-corrected chi connectivity index (χ2v) is 34.9. The van der Waals surface area contributed by atoms with E-state index in [0.29, 0.717) is 141 Å². The summed E-state index contributed by atoms with van der Waals surface area (Å²) in [6, 6.07) is -0.137. The minimum atomic E-state index is -3.17. The smallest absolute Gasteiger partial charge is 0.327 e. The molecule has 0 aromatic rings. The molecule has 3 amide bonds. The molecular formula is C83H148N3O29P. The number of rotatable bonds is 69. The lowest BCUT2D eigenvalue weighted by Crippen LogP contribution is -2.55. The fourth-order valence-electron chi connectivity index (χ4n) is 14.8. The van der Waals surface area contributed by atoms with E-state index in [1.807, 2.05) is 4.90 Å². The van der Waals surface area contributed by atoms with Gasteiger partial charge in [0, 0.05) is 160 Å². The zero-order valence-corrected chi connectivity index (χ0v) is 71.4. The van der Waals surface area contributed by atoms with Crippen LogP contribution in [-0.2, 0) is 94.6 Å². The van der Waals surface area contributed by atoms with Crippen molar-refractivity contribution in [1.82, 2.24) is 15.5 Å². The number of aliphatic hydroxyl groups is 9. The molecule has 0 bridgehead atoms. The maximum atomic E-state index is 14.2. The lowest BCUT2D eigenvalue weighted by molar-refractivity contribution is -0.282. The van der Waals surface area contributed by atoms with Crippen molar-refractivity contribution in [3.05, 3.63) is 0 Å². The normalized spacial score (nSPS) is 26.6. The highest BCUT2D eigenvalue weighted by molar-refractivity contribution is 7.52. The van der Waals surface area contributed by atoms with Gasteiger partial charge >= 0.3 is 7.60 Å². The van der Waals surface area contributed by atoms with E-state index in [1.165, 1.54) is 13.8 Å². The number of Topliss-reactive ketones (excluding diaryl/α,β-unsaturated/α-hetero) is 5. The number of carbonyl (C=O) groups excluding carboxylic acids is 8. The number of nitrogens with one attached hydrogen (secondary N) is 2. The Bertz CT molecular complexity index is 2600. The molecule has 4 heterocycles. The summed E-state index contributed by atoms with van der Waals surface area (Å²) in [5.41, 5.74) is -1.09. The van der Waals surface area contributed by atoms with E-state index in [1.54, 1.807) is 20.8 Å². The molecule has 18 atom stereocenters. The van der Waals surface area contributed by atoms with Gasteiger partial charge in [-0.15, -0.1) is 0 Å². The monoisotopic (exact) mass is 1680 g/mol. The van der Waals surface area contributed by atoms with Crippen LogP contribution in [0.5, 0.6) is 0 Å². The minimum Gasteiger partial charge on any atom is -0.394 e. The first kappa shape index (κ1) is 105. The molecule has 674 valence electrons. The van der Waals surface area contributed by atoms with Gasteiger partial charge in [-0.1, -0.05) is 79.1 Å². The van der Waals surface area contributed by atoms with Crippen molar-refractivity contribution in [2.24, 2.45) is 29.1 Å². The Labute approximate surface area is 688 Å². The first-order chi connectivity index (χ1) is 55.6. The van der Waals surface area contributed by atoms with E-state index < -0.39 is 124 Å². The average Bonchev–Trinajstić information content (AvgIpc) is 1.41. The molecule has 0 aromatic carbocycles. The van der Waals surface area contributed by atoms with E-state index in [4.69, 9.17) is 51.7 Å². The van der Waals surface area contributed by atoms with Gasteiger partial charge in [0.25, 0.3) is 0 Å². The summed E-state index contributed by atoms with van der Waals surface area (Å²) in [7, 11) is -1.83. The number of likely N-dealkylation sites (tertiary alicyclic amines) is 1. The van der Waals surface area contributed by atoms with Crippen LogP contribution >= 0.6 is 7.60 Å². The van der Waals surface area contributed by atoms with E-state index in [2.05, 4.69) is 17.6 Å². The summed E-state index contributed by atoms with van der Waals surface area (Å²) in [4.78, 5) is 107. The van der Waals surface area contributed by atoms with Crippen LogP contribution in [-0.4, -0.2) is 297 Å². The van der Waals surface area contributed by atoms with Crippen LogP contribution < -0.4 is 10.6 Å². The first-order valence-electron chi connectivity index (χ1n) is 43.2. The van der Waals surface area contributed by atoms with E-state index >= 15 is 0 Å². The molecule has 33 heteroatoms. The molecule has 0 spiro atoms. The van der Waals surface area contributed by atoms with Crippen LogP contribution in [0.4, 0.5) is 0 Å². The van der Waals surface area contributed by atoms with Gasteiger partial charge in [-0.2, -0.15) is 0 Å². The second-order valence-electron chi connectivity index (χ2n) is 32.8. The molecular weight excluding hydrogens is 1530 g/mol. The predicted molar refractivity (Wildman–Crippen MR) is 427 cm³/mol. The number of ketones is 5. The van der Waals surface area contributed by atoms with Gasteiger partial charge in [0.2, 0.25) is 17.7 Å². The Morgan fingerprint density at radius 3 is 1.13 bits per heavy atom. The second kappa shape index (κ2) is 59.9. The number of hydrogen-bond acceptors (Lipinski definition) is 29. The molecule has 4 rings (SSSR count). The summed E-state index contributed by atoms with van der Waals surface area (Å²) in [5.74, 6) is -1.55. The van der Waals surface area contributed by atoms with Crippen LogP contribution in [0.15, 0.2) is 0 Å². The maximum Gasteiger partial charge on any atom is 0.327 e. The van der Waals surface area contributed by atoms with Crippen molar-refractivity contribution in [2.75, 3.05) is 119 Å². The van der Waals surface area contributed by atoms with Crippen LogP contribution in [0.2, 0.25) is 0 Å². The van der Waals surface area contributed by atoms with Crippen LogP contribution in [0.3, 0.4) is 0 Å². The Kier molecular flexibility index (Phi) is 53.9. The molecule has 4 fully saturated rings. The highest BCUT2D eigenvalue weighted by Crippen LogP contribution is 2.44. The third-order valence-electron chi connectivity index (χ3n) is 22.4. The maximum absolute atomic E-state index is 14.2. The number of carbonyl (C=O) groups is 8. The van der Waals surface area contributed by atoms with Gasteiger partial charge in [0.1, 0.15) is 65.5 Å². The lowest BCUT2D eigenvalue weighted by Gasteiger charge is -2.40. The fraction of sp³-hybridized carbons (Fsp3) is 0.904. The van der Waals surface area contributed by atoms with Gasteiger partial charge < -0.3 is 113 Å². The van der Waals surface area contributed by atoms with E-state index in [-0.39, 0.29) is 177 Å². The zero-order valence-electron chi connectivity index (χ0n) is 70.5. The molecule has 0 saturated carbocycles. The highest BCUT2D eigenvalue weighted by Gasteiger charge is 2.45. The van der Waals surface area contributed by atoms with Crippen molar-refractivity contribution in [3.8, 4) is 0 Å². The standard InChI is InChI=1S/C83H148N3O29P/c1-58-48-62(54-112-116(6,104)105-5)86(50-58)73(97)36-20-12-10-8-7-9-11-15-34-67(94)49-83(55-106-45-37-65(92)30-18-13-16-28-63(90)32-21-24-42-109-80-59(2)74(98)77(101)68(51-87)113-80,56-107-46-38-66(93)31-19-14-17-29-64(91)33-22-25-43-110-81-60(3)75(99)78(102)69(52-88)114-81)57-108-47-39-72(96)85-41-27-40-84-71(95)35-23-26-44-111-82-61(4)76(100)79(103)70(53-89)115-82/h58-62,68-70,74-82,87-89,98-103H,7-57H2,1-6H3,(H,84,95)(H,85,96)/t58-,59?,60?,61?,62?,68?,69?,70?,74?,75?,76?,77?,78?,79?,80?,81?,82?,83?,116?/m1/s1. The summed E-state index contributed by atoms with van der Waals surface area (Å²) in [5, 5.41) is 95.5. The van der Waals surface area contributed by atoms with Crippen LogP contribution in [0.25, 0.3) is 0 Å². The van der Waals surface area contributed by atoms with Crippen molar-refractivity contribution in [3.63, 3.8) is 0 Å². The molecule has 4 aliphatic heterocycles. The summed E-state index contributed by atoms with van der Waals surface area (Å²) in [6.45, 7) is 9.27. The van der Waals surface area contributed by atoms with Crippen molar-refractivity contribution in [2.45, 2.75) is 332 Å². The average molecular weight is 1680 g/mol. The number of aliphatic hydroxyl groups excluding tert-OH is 9. The number of unbranched alkanes of at least 4 members (excludes halogenated alkanes) is 14. The third-order valence-corrected chi connectivity index (χ3v) is 23.7. The fourth-order valence-corrected chi connectivity index (χ4v) is 15.4. The van der Waals surface area contributed by atoms with Crippen LogP contribution in [0.1, 0.15) is 252 Å². The molecule has 0 radical (unpaired) electrons. The van der Waals surface area contributed by atoms with Gasteiger partial charge in [-0.3, -0.25) is 42.9 Å². The lowest BCUT2D eigenvalue weighted by atomic mass is 9.83. The highest BCUT2D eigenvalue weighted by atomic mass is 31.2. The Morgan fingerprint density at radius 1 is 0.414 bits per heavy atom. The van der Waals surface area contributed by atoms with E-state index in [9.17, 15) is 88.9 Å². The number of amides is 3. The molecule has 4 aliphatic rings. The number of nitrogens with zero attached hydrogens (tertiary/aromatic N) is 1. The quantitative estimate of drug-likeness (QED) is 0.0233. The predicted octanol–water partition coefficient (Wildman–Crippen LogP) is 6.36. The zero-order chi connectivity index (χ0) is 85.3. The Morgan fingerprint density at radius 2 is 0.741 bits per heavy atom. The molecule has 4 saturated heterocycles. The molecule has 0 aromatic heterocycles. The van der Waals surface area contributed by atoms with Crippen molar-refractivity contribution >= 4 is 54.2 Å². The van der Waals surface area contributed by atoms with Gasteiger partial charge in [-0.25, -0.2) is 0 Å². The number of hydrogen-bond donors (Lipinski definition) is 11. The third kappa shape index (κ3) is 41.8. The van der Waals surface area contributed by atoms with Crippen LogP contribution in [0, 0.1) is 29.1 Å². The summed E-state index contributed by atoms with van der Waals surface area (Å²) >= 11 is 0. The largest absolute Gasteiger partial charge is 0.394 e. The summed E-state index contributed by atoms with van der Waals surface area (Å²) < 4.78 is 75.8. The topological polar surface area (TPSA) is 465 Å².